The molecule has 1 aromatic carbocycles. The summed E-state index contributed by atoms with van der Waals surface area (Å²) in [5, 5.41) is 21.5. The number of nitrogens with zero attached hydrogens (tertiary/aromatic N) is 5. The summed E-state index contributed by atoms with van der Waals surface area (Å²) in [5.74, 6) is 1.02. The quantitative estimate of drug-likeness (QED) is 0.465. The van der Waals surface area contributed by atoms with Crippen LogP contribution in [0.5, 0.6) is 0 Å². The van der Waals surface area contributed by atoms with Crippen molar-refractivity contribution in [1.82, 2.24) is 19.1 Å². The van der Waals surface area contributed by atoms with Gasteiger partial charge in [-0.2, -0.15) is 0 Å². The van der Waals surface area contributed by atoms with Crippen molar-refractivity contribution in [3.63, 3.8) is 0 Å². The smallest absolute Gasteiger partial charge is 0.343 e. The molecule has 0 bridgehead atoms. The van der Waals surface area contributed by atoms with Crippen LogP contribution in [0, 0.1) is 28.6 Å². The number of ether oxygens (including phenoxy) is 1. The molecule has 9 heteroatoms. The summed E-state index contributed by atoms with van der Waals surface area (Å²) < 4.78 is 9.68. The minimum atomic E-state index is -0.643. The van der Waals surface area contributed by atoms with Crippen LogP contribution in [0.3, 0.4) is 0 Å². The zero-order valence-electron chi connectivity index (χ0n) is 23.6. The van der Waals surface area contributed by atoms with Crippen molar-refractivity contribution in [3.05, 3.63) is 72.0 Å². The van der Waals surface area contributed by atoms with E-state index in [1.54, 1.807) is 18.6 Å². The molecule has 2 N–H and O–H groups in total. The average Bonchev–Trinajstić information content (AvgIpc) is 3.67. The van der Waals surface area contributed by atoms with E-state index in [0.29, 0.717) is 30.1 Å². The number of hydrogen-bond acceptors (Lipinski definition) is 7. The Labute approximate surface area is 238 Å². The number of aryl methyl sites for hydroxylation is 1. The van der Waals surface area contributed by atoms with E-state index in [9.17, 15) is 15.0 Å². The third-order valence-electron chi connectivity index (χ3n) is 10.3. The van der Waals surface area contributed by atoms with Crippen LogP contribution in [0.25, 0.3) is 17.1 Å². The van der Waals surface area contributed by atoms with Crippen LogP contribution in [0.1, 0.15) is 38.7 Å². The minimum absolute atomic E-state index is 0.0244. The highest BCUT2D eigenvalue weighted by atomic mass is 16.5. The number of carbonyl (C=O) groups is 1. The maximum absolute atomic E-state index is 12.9. The molecule has 0 saturated heterocycles. The van der Waals surface area contributed by atoms with Crippen molar-refractivity contribution in [3.8, 4) is 0 Å². The Bertz CT molecular complexity index is 1680. The van der Waals surface area contributed by atoms with E-state index in [1.165, 1.54) is 0 Å². The van der Waals surface area contributed by atoms with Gasteiger partial charge in [0.1, 0.15) is 5.76 Å². The van der Waals surface area contributed by atoms with E-state index in [2.05, 4.69) is 27.5 Å². The molecule has 2 aliphatic heterocycles. The summed E-state index contributed by atoms with van der Waals surface area (Å²) in [6.45, 7) is 4.95. The highest BCUT2D eigenvalue weighted by Crippen LogP contribution is 2.61. The number of benzene rings is 1. The maximum Gasteiger partial charge on any atom is 0.343 e. The third-order valence-corrected chi connectivity index (χ3v) is 10.3. The summed E-state index contributed by atoms with van der Waals surface area (Å²) in [6, 6.07) is 5.97. The average molecular weight is 554 g/mol. The van der Waals surface area contributed by atoms with Crippen molar-refractivity contribution >= 4 is 34.7 Å². The Balaban J connectivity index is 1.24. The fourth-order valence-electron chi connectivity index (χ4n) is 7.85. The van der Waals surface area contributed by atoms with Crippen molar-refractivity contribution in [1.29, 1.82) is 0 Å². The van der Waals surface area contributed by atoms with Gasteiger partial charge in [0.05, 0.1) is 35.6 Å². The summed E-state index contributed by atoms with van der Waals surface area (Å²) >= 11 is 0. The molecule has 3 aromatic rings. The molecule has 0 spiro atoms. The van der Waals surface area contributed by atoms with Crippen molar-refractivity contribution < 1.29 is 19.7 Å². The molecule has 9 nitrogen and oxygen atoms in total. The van der Waals surface area contributed by atoms with Gasteiger partial charge in [-0.1, -0.05) is 32.1 Å². The number of aliphatic hydroxyl groups excluding tert-OH is 2. The SMILES string of the molecule is Cn1cnc2cc(/C=C3C=C(/C=C/C4C5Cn6ccnc6N=C5CC5[C@]4(C)CC[C@@H](O)[C@@]5(C)CO)C(=O)O\3)ccc21. The third kappa shape index (κ3) is 4.05. The van der Waals surface area contributed by atoms with Gasteiger partial charge in [0, 0.05) is 43.0 Å². The molecule has 2 aliphatic carbocycles. The number of cyclic esters (lactones) is 1. The van der Waals surface area contributed by atoms with Gasteiger partial charge in [-0.15, -0.1) is 0 Å². The second-order valence-corrected chi connectivity index (χ2v) is 12.6. The summed E-state index contributed by atoms with van der Waals surface area (Å²) in [6.07, 6.45) is 14.8. The zero-order valence-corrected chi connectivity index (χ0v) is 23.6. The van der Waals surface area contributed by atoms with E-state index in [1.807, 2.05) is 55.1 Å². The molecule has 41 heavy (non-hydrogen) atoms. The fraction of sp³-hybridized carbons (Fsp3) is 0.438. The van der Waals surface area contributed by atoms with Gasteiger partial charge >= 0.3 is 5.97 Å². The molecule has 4 heterocycles. The van der Waals surface area contributed by atoms with Gasteiger partial charge in [-0.3, -0.25) is 0 Å². The summed E-state index contributed by atoms with van der Waals surface area (Å²) in [5.41, 5.74) is 3.54. The number of carbonyl (C=O) groups excluding carboxylic acids is 1. The standard InChI is InChI=1S/C32H35N5O4/c1-31-9-8-28(39)32(2,17-38)27(31)15-24-22(16-37-11-10-33-30(37)35-24)23(31)6-5-20-14-21(41-29(20)40)12-19-4-7-26-25(13-19)34-18-36(26)3/h4-7,10-14,18,22-23,27-28,38-39H,8-9,15-17H2,1-3H3/b6-5+,21-12+/t22?,23?,27?,28-,31-,32+/m1/s1. The molecule has 7 rings (SSSR count). The van der Waals surface area contributed by atoms with Gasteiger partial charge in [0.2, 0.25) is 5.95 Å². The number of aliphatic hydroxyl groups is 2. The predicted octanol–water partition coefficient (Wildman–Crippen LogP) is 4.35. The van der Waals surface area contributed by atoms with Gasteiger partial charge in [0.15, 0.2) is 0 Å². The van der Waals surface area contributed by atoms with Crippen molar-refractivity contribution in [2.75, 3.05) is 6.61 Å². The van der Waals surface area contributed by atoms with Crippen LogP contribution in [0.15, 0.2) is 71.5 Å². The Morgan fingerprint density at radius 3 is 2.93 bits per heavy atom. The number of aliphatic imine (C=N–C) groups is 1. The van der Waals surface area contributed by atoms with Crippen LogP contribution in [0.4, 0.5) is 5.95 Å². The van der Waals surface area contributed by atoms with E-state index < -0.39 is 11.5 Å². The van der Waals surface area contributed by atoms with E-state index in [4.69, 9.17) is 9.73 Å². The molecule has 0 amide bonds. The van der Waals surface area contributed by atoms with Crippen LogP contribution >= 0.6 is 0 Å². The molecule has 3 unspecified atom stereocenters. The molecule has 2 saturated carbocycles. The van der Waals surface area contributed by atoms with Crippen molar-refractivity contribution in [2.24, 2.45) is 40.6 Å². The zero-order chi connectivity index (χ0) is 28.5. The first-order valence-corrected chi connectivity index (χ1v) is 14.3. The fourth-order valence-corrected chi connectivity index (χ4v) is 7.85. The number of rotatable bonds is 4. The molecule has 2 aromatic heterocycles. The maximum atomic E-state index is 12.9. The predicted molar refractivity (Wildman–Crippen MR) is 155 cm³/mol. The normalized spacial score (nSPS) is 33.9. The molecule has 6 atom stereocenters. The van der Waals surface area contributed by atoms with E-state index in [0.717, 1.165) is 35.3 Å². The summed E-state index contributed by atoms with van der Waals surface area (Å²) in [4.78, 5) is 26.7. The van der Waals surface area contributed by atoms with Crippen LogP contribution in [-0.2, 0) is 23.1 Å². The number of esters is 1. The number of hydrogen-bond donors (Lipinski definition) is 2. The molecular formula is C32H35N5O4. The van der Waals surface area contributed by atoms with E-state index in [-0.39, 0.29) is 35.7 Å². The Morgan fingerprint density at radius 2 is 2.10 bits per heavy atom. The first kappa shape index (κ1) is 26.1. The molecular weight excluding hydrogens is 518 g/mol. The Hall–Kier alpha value is -3.82. The lowest BCUT2D eigenvalue weighted by molar-refractivity contribution is -0.147. The van der Waals surface area contributed by atoms with Gasteiger partial charge in [-0.05, 0) is 66.4 Å². The molecule has 2 fully saturated rings. The molecule has 4 aliphatic rings. The van der Waals surface area contributed by atoms with Crippen molar-refractivity contribution in [2.45, 2.75) is 45.8 Å². The lowest BCUT2D eigenvalue weighted by Gasteiger charge is -2.61. The second kappa shape index (κ2) is 9.36. The van der Waals surface area contributed by atoms with Gasteiger partial charge in [-0.25, -0.2) is 19.8 Å². The molecule has 0 radical (unpaired) electrons. The Kier molecular flexibility index (Phi) is 5.96. The first-order chi connectivity index (χ1) is 19.7. The number of allylic oxidation sites excluding steroid dienone is 2. The van der Waals surface area contributed by atoms with Gasteiger partial charge < -0.3 is 24.1 Å². The topological polar surface area (TPSA) is 115 Å². The number of fused-ring (bicyclic) bond motifs is 4. The highest BCUT2D eigenvalue weighted by molar-refractivity contribution is 5.97. The largest absolute Gasteiger partial charge is 0.423 e. The monoisotopic (exact) mass is 553 g/mol. The number of aromatic nitrogens is 4. The molecule has 212 valence electrons. The summed E-state index contributed by atoms with van der Waals surface area (Å²) in [7, 11) is 1.96. The highest BCUT2D eigenvalue weighted by Gasteiger charge is 2.60. The lowest BCUT2D eigenvalue weighted by Crippen LogP contribution is -2.60. The Morgan fingerprint density at radius 1 is 1.24 bits per heavy atom. The van der Waals surface area contributed by atoms with Gasteiger partial charge in [0.25, 0.3) is 0 Å². The lowest BCUT2D eigenvalue weighted by atomic mass is 9.45. The first-order valence-electron chi connectivity index (χ1n) is 14.3. The number of imidazole rings is 2. The van der Waals surface area contributed by atoms with Crippen LogP contribution < -0.4 is 0 Å². The van der Waals surface area contributed by atoms with Crippen LogP contribution in [0.2, 0.25) is 0 Å². The van der Waals surface area contributed by atoms with E-state index >= 15 is 0 Å². The second-order valence-electron chi connectivity index (χ2n) is 12.6. The minimum Gasteiger partial charge on any atom is -0.423 e. The van der Waals surface area contributed by atoms with Crippen LogP contribution in [-0.4, -0.2) is 53.7 Å².